The van der Waals surface area contributed by atoms with Crippen LogP contribution < -0.4 is 0 Å². The number of carbonyl (C=O) groups excluding carboxylic acids is 1. The largest absolute Gasteiger partial charge is 0.481 e. The second kappa shape index (κ2) is 8.82. The first-order valence-electron chi connectivity index (χ1n) is 7.97. The Morgan fingerprint density at radius 2 is 1.75 bits per heavy atom. The van der Waals surface area contributed by atoms with Crippen LogP contribution in [-0.2, 0) is 25.8 Å². The van der Waals surface area contributed by atoms with E-state index in [-0.39, 0.29) is 41.9 Å². The Hall–Kier alpha value is -1.89. The Labute approximate surface area is 143 Å². The van der Waals surface area contributed by atoms with Gasteiger partial charge in [-0.25, -0.2) is 8.42 Å². The second-order valence-electron chi connectivity index (χ2n) is 6.10. The highest BCUT2D eigenvalue weighted by Crippen LogP contribution is 2.14. The number of carbonyl (C=O) groups is 2. The van der Waals surface area contributed by atoms with Gasteiger partial charge in [0.25, 0.3) is 0 Å². The van der Waals surface area contributed by atoms with E-state index in [0.29, 0.717) is 12.1 Å². The Kier molecular flexibility index (Phi) is 7.41. The molecule has 0 heterocycles. The van der Waals surface area contributed by atoms with Crippen molar-refractivity contribution in [2.45, 2.75) is 38.5 Å². The quantitative estimate of drug-likeness (QED) is 0.731. The third kappa shape index (κ3) is 6.31. The molecule has 0 fully saturated rings. The fourth-order valence-electron chi connectivity index (χ4n) is 2.26. The number of carboxylic acids is 1. The van der Waals surface area contributed by atoms with E-state index >= 15 is 0 Å². The van der Waals surface area contributed by atoms with Crippen molar-refractivity contribution in [1.82, 2.24) is 4.90 Å². The number of aliphatic carboxylic acids is 1. The summed E-state index contributed by atoms with van der Waals surface area (Å²) in [7, 11) is -3.25. The van der Waals surface area contributed by atoms with Gasteiger partial charge in [0, 0.05) is 13.1 Å². The lowest BCUT2D eigenvalue weighted by Crippen LogP contribution is -2.37. The molecule has 24 heavy (non-hydrogen) atoms. The minimum absolute atomic E-state index is 0.0304. The predicted octanol–water partition coefficient (Wildman–Crippen LogP) is 1.98. The maximum atomic E-state index is 12.4. The zero-order valence-electron chi connectivity index (χ0n) is 14.4. The van der Waals surface area contributed by atoms with Gasteiger partial charge in [0.1, 0.15) is 0 Å². The van der Waals surface area contributed by atoms with Crippen LogP contribution in [0.3, 0.4) is 0 Å². The third-order valence-corrected chi connectivity index (χ3v) is 5.30. The number of sulfone groups is 1. The topological polar surface area (TPSA) is 91.8 Å². The summed E-state index contributed by atoms with van der Waals surface area (Å²) in [5, 5.41) is 8.80. The van der Waals surface area contributed by atoms with Crippen LogP contribution in [0.5, 0.6) is 0 Å². The van der Waals surface area contributed by atoms with Crippen molar-refractivity contribution in [3.8, 4) is 0 Å². The highest BCUT2D eigenvalue weighted by molar-refractivity contribution is 7.91. The fourth-order valence-corrected chi connectivity index (χ4v) is 3.14. The summed E-state index contributed by atoms with van der Waals surface area (Å²) in [5.41, 5.74) is 0.708. The van der Waals surface area contributed by atoms with E-state index < -0.39 is 15.8 Å². The summed E-state index contributed by atoms with van der Waals surface area (Å²) in [4.78, 5) is 24.9. The van der Waals surface area contributed by atoms with Crippen LogP contribution in [0.25, 0.3) is 0 Å². The fraction of sp³-hybridized carbons (Fsp3) is 0.529. The molecule has 7 heteroatoms. The molecule has 0 atom stereocenters. The number of rotatable bonds is 9. The van der Waals surface area contributed by atoms with Gasteiger partial charge in [-0.2, -0.15) is 0 Å². The minimum atomic E-state index is -3.25. The van der Waals surface area contributed by atoms with E-state index in [1.54, 1.807) is 24.0 Å². The van der Waals surface area contributed by atoms with Crippen molar-refractivity contribution in [2.75, 3.05) is 18.8 Å². The lowest BCUT2D eigenvalue weighted by atomic mass is 10.1. The van der Waals surface area contributed by atoms with Gasteiger partial charge < -0.3 is 10.0 Å². The molecule has 1 N–H and O–H groups in total. The molecular weight excluding hydrogens is 330 g/mol. The molecule has 0 aliphatic heterocycles. The molecule has 0 aliphatic carbocycles. The van der Waals surface area contributed by atoms with Gasteiger partial charge in [0.2, 0.25) is 5.91 Å². The Balaban J connectivity index is 2.80. The molecule has 0 aromatic heterocycles. The van der Waals surface area contributed by atoms with Gasteiger partial charge in [0.05, 0.1) is 23.5 Å². The second-order valence-corrected chi connectivity index (χ2v) is 8.38. The normalized spacial score (nSPS) is 11.5. The molecular formula is C17H25NO5S. The molecule has 0 radical (unpaired) electrons. The van der Waals surface area contributed by atoms with Gasteiger partial charge >= 0.3 is 5.97 Å². The number of hydrogen-bond acceptors (Lipinski definition) is 4. The lowest BCUT2D eigenvalue weighted by molar-refractivity contribution is -0.138. The Morgan fingerprint density at radius 1 is 1.17 bits per heavy atom. The molecule has 1 amide bonds. The van der Waals surface area contributed by atoms with Gasteiger partial charge in [0.15, 0.2) is 9.84 Å². The van der Waals surface area contributed by atoms with Gasteiger partial charge in [-0.05, 0) is 23.6 Å². The number of amides is 1. The molecule has 6 nitrogen and oxygen atoms in total. The van der Waals surface area contributed by atoms with E-state index in [9.17, 15) is 18.0 Å². The van der Waals surface area contributed by atoms with Crippen LogP contribution in [-0.4, -0.2) is 49.1 Å². The van der Waals surface area contributed by atoms with E-state index in [1.165, 1.54) is 12.1 Å². The van der Waals surface area contributed by atoms with Crippen LogP contribution in [0.15, 0.2) is 29.2 Å². The van der Waals surface area contributed by atoms with E-state index in [2.05, 4.69) is 0 Å². The standard InChI is InChI=1S/C17H25NO5S/c1-4-24(22,23)15-7-5-14(6-8-15)11-16(19)18(12-13(2)3)10-9-17(20)21/h5-8,13H,4,9-12H2,1-3H3,(H,20,21). The van der Waals surface area contributed by atoms with Gasteiger partial charge in [-0.15, -0.1) is 0 Å². The maximum absolute atomic E-state index is 12.4. The van der Waals surface area contributed by atoms with E-state index in [0.717, 1.165) is 0 Å². The van der Waals surface area contributed by atoms with Crippen molar-refractivity contribution in [1.29, 1.82) is 0 Å². The molecule has 134 valence electrons. The molecule has 0 unspecified atom stereocenters. The number of carboxylic acid groups (broad SMARTS) is 1. The van der Waals surface area contributed by atoms with Gasteiger partial charge in [-0.3, -0.25) is 9.59 Å². The first kappa shape index (κ1) is 20.2. The van der Waals surface area contributed by atoms with Crippen LogP contribution in [0.2, 0.25) is 0 Å². The van der Waals surface area contributed by atoms with Crippen molar-refractivity contribution < 1.29 is 23.1 Å². The molecule has 0 aliphatic rings. The SMILES string of the molecule is CCS(=O)(=O)c1ccc(CC(=O)N(CCC(=O)O)CC(C)C)cc1. The highest BCUT2D eigenvalue weighted by atomic mass is 32.2. The summed E-state index contributed by atoms with van der Waals surface area (Å²) in [6.45, 7) is 6.18. The highest BCUT2D eigenvalue weighted by Gasteiger charge is 2.17. The molecule has 1 aromatic carbocycles. The van der Waals surface area contributed by atoms with Gasteiger partial charge in [-0.1, -0.05) is 32.9 Å². The zero-order valence-corrected chi connectivity index (χ0v) is 15.2. The van der Waals surface area contributed by atoms with Crippen molar-refractivity contribution in [2.24, 2.45) is 5.92 Å². The monoisotopic (exact) mass is 355 g/mol. The smallest absolute Gasteiger partial charge is 0.305 e. The van der Waals surface area contributed by atoms with Crippen molar-refractivity contribution >= 4 is 21.7 Å². The molecule has 0 bridgehead atoms. The maximum Gasteiger partial charge on any atom is 0.305 e. The first-order valence-corrected chi connectivity index (χ1v) is 9.62. The predicted molar refractivity (Wildman–Crippen MR) is 91.5 cm³/mol. The molecule has 0 spiro atoms. The average molecular weight is 355 g/mol. The first-order chi connectivity index (χ1) is 11.2. The van der Waals surface area contributed by atoms with Crippen LogP contribution in [0.1, 0.15) is 32.8 Å². The molecule has 1 aromatic rings. The Morgan fingerprint density at radius 3 is 2.21 bits per heavy atom. The van der Waals surface area contributed by atoms with Crippen LogP contribution >= 0.6 is 0 Å². The lowest BCUT2D eigenvalue weighted by Gasteiger charge is -2.24. The van der Waals surface area contributed by atoms with Crippen LogP contribution in [0, 0.1) is 5.92 Å². The summed E-state index contributed by atoms with van der Waals surface area (Å²) in [6.07, 6.45) is 0.0327. The summed E-state index contributed by atoms with van der Waals surface area (Å²) in [6, 6.07) is 6.27. The number of benzene rings is 1. The Bertz CT molecular complexity index is 665. The molecule has 0 saturated heterocycles. The summed E-state index contributed by atoms with van der Waals surface area (Å²) in [5.74, 6) is -0.829. The third-order valence-electron chi connectivity index (χ3n) is 3.55. The van der Waals surface area contributed by atoms with E-state index in [1.807, 2.05) is 13.8 Å². The minimum Gasteiger partial charge on any atom is -0.481 e. The molecule has 0 saturated carbocycles. The van der Waals surface area contributed by atoms with E-state index in [4.69, 9.17) is 5.11 Å². The van der Waals surface area contributed by atoms with Crippen molar-refractivity contribution in [3.63, 3.8) is 0 Å². The number of nitrogens with zero attached hydrogens (tertiary/aromatic N) is 1. The summed E-state index contributed by atoms with van der Waals surface area (Å²) >= 11 is 0. The molecule has 1 rings (SSSR count). The van der Waals surface area contributed by atoms with Crippen LogP contribution in [0.4, 0.5) is 0 Å². The zero-order chi connectivity index (χ0) is 18.3. The van der Waals surface area contributed by atoms with Crippen molar-refractivity contribution in [3.05, 3.63) is 29.8 Å². The average Bonchev–Trinajstić information content (AvgIpc) is 2.51. The summed E-state index contributed by atoms with van der Waals surface area (Å²) < 4.78 is 23.6. The number of hydrogen-bond donors (Lipinski definition) is 1.